The number of aryl methyl sites for hydroxylation is 2. The van der Waals surface area contributed by atoms with Crippen LogP contribution >= 0.6 is 0 Å². The zero-order valence-corrected chi connectivity index (χ0v) is 17.4. The third-order valence-electron chi connectivity index (χ3n) is 6.36. The van der Waals surface area contributed by atoms with Crippen LogP contribution in [-0.4, -0.2) is 62.9 Å². The molecule has 2 aliphatic rings. The normalized spacial score (nSPS) is 19.2. The number of aromatic nitrogens is 3. The Morgan fingerprint density at radius 2 is 1.79 bits per heavy atom. The molecule has 0 radical (unpaired) electrons. The maximum atomic E-state index is 12.9. The maximum Gasteiger partial charge on any atom is 0.276 e. The molecule has 0 spiro atoms. The first-order valence-electron chi connectivity index (χ1n) is 11.3. The minimum atomic E-state index is 0.0322. The molecule has 1 saturated heterocycles. The van der Waals surface area contributed by atoms with E-state index in [1.807, 2.05) is 21.8 Å². The van der Waals surface area contributed by atoms with Gasteiger partial charge in [-0.25, -0.2) is 0 Å². The SMILES string of the molecule is O=C(c1cn(CCCc2ccccc2)nn1)N1CCCN(C2CCCCC2)CC1. The number of rotatable bonds is 6. The molecular weight excluding hydrogens is 362 g/mol. The molecule has 1 saturated carbocycles. The minimum absolute atomic E-state index is 0.0322. The van der Waals surface area contributed by atoms with Gasteiger partial charge in [-0.05, 0) is 37.7 Å². The third-order valence-corrected chi connectivity index (χ3v) is 6.36. The molecular formula is C23H33N5O. The van der Waals surface area contributed by atoms with E-state index in [-0.39, 0.29) is 5.91 Å². The lowest BCUT2D eigenvalue weighted by atomic mass is 9.94. The van der Waals surface area contributed by atoms with Crippen LogP contribution in [-0.2, 0) is 13.0 Å². The molecule has 2 fully saturated rings. The van der Waals surface area contributed by atoms with Crippen molar-refractivity contribution in [3.63, 3.8) is 0 Å². The fraction of sp³-hybridized carbons (Fsp3) is 0.609. The van der Waals surface area contributed by atoms with Crippen LogP contribution in [0.3, 0.4) is 0 Å². The monoisotopic (exact) mass is 395 g/mol. The van der Waals surface area contributed by atoms with Crippen LogP contribution in [0.15, 0.2) is 36.5 Å². The van der Waals surface area contributed by atoms with Crippen molar-refractivity contribution in [2.75, 3.05) is 26.2 Å². The summed E-state index contributed by atoms with van der Waals surface area (Å²) in [5.41, 5.74) is 1.81. The van der Waals surface area contributed by atoms with Gasteiger partial charge in [-0.3, -0.25) is 14.4 Å². The van der Waals surface area contributed by atoms with Crippen LogP contribution in [0.1, 0.15) is 61.0 Å². The average Bonchev–Trinajstić information content (AvgIpc) is 3.10. The average molecular weight is 396 g/mol. The Labute approximate surface area is 173 Å². The molecule has 0 bridgehead atoms. The van der Waals surface area contributed by atoms with Crippen molar-refractivity contribution in [2.24, 2.45) is 0 Å². The first-order chi connectivity index (χ1) is 14.3. The molecule has 6 heteroatoms. The predicted molar refractivity (Wildman–Crippen MR) is 114 cm³/mol. The highest BCUT2D eigenvalue weighted by Crippen LogP contribution is 2.23. The quantitative estimate of drug-likeness (QED) is 0.752. The molecule has 2 aromatic rings. The second kappa shape index (κ2) is 10.0. The lowest BCUT2D eigenvalue weighted by Crippen LogP contribution is -2.40. The van der Waals surface area contributed by atoms with E-state index >= 15 is 0 Å². The first-order valence-corrected chi connectivity index (χ1v) is 11.3. The number of hydrogen-bond donors (Lipinski definition) is 0. The molecule has 156 valence electrons. The van der Waals surface area contributed by atoms with E-state index in [4.69, 9.17) is 0 Å². The van der Waals surface area contributed by atoms with Gasteiger partial charge < -0.3 is 4.90 Å². The fourth-order valence-electron chi connectivity index (χ4n) is 4.71. The second-order valence-corrected chi connectivity index (χ2v) is 8.43. The number of benzene rings is 1. The van der Waals surface area contributed by atoms with Gasteiger partial charge in [0.05, 0.1) is 6.20 Å². The molecule has 4 rings (SSSR count). The van der Waals surface area contributed by atoms with Gasteiger partial charge in [0.15, 0.2) is 5.69 Å². The predicted octanol–water partition coefficient (Wildman–Crippen LogP) is 3.39. The molecule has 0 N–H and O–H groups in total. The molecule has 1 aliphatic carbocycles. The summed E-state index contributed by atoms with van der Waals surface area (Å²) in [7, 11) is 0. The number of amides is 1. The lowest BCUT2D eigenvalue weighted by Gasteiger charge is -2.33. The first kappa shape index (κ1) is 20.1. The topological polar surface area (TPSA) is 54.3 Å². The van der Waals surface area contributed by atoms with Crippen molar-refractivity contribution in [3.8, 4) is 0 Å². The maximum absolute atomic E-state index is 12.9. The van der Waals surface area contributed by atoms with Crippen molar-refractivity contribution in [3.05, 3.63) is 47.8 Å². The van der Waals surface area contributed by atoms with E-state index in [1.165, 1.54) is 37.7 Å². The Morgan fingerprint density at radius 3 is 2.62 bits per heavy atom. The summed E-state index contributed by atoms with van der Waals surface area (Å²) in [6.07, 6.45) is 11.6. The van der Waals surface area contributed by atoms with Gasteiger partial charge in [0.1, 0.15) is 0 Å². The van der Waals surface area contributed by atoms with Gasteiger partial charge in [0.25, 0.3) is 5.91 Å². The summed E-state index contributed by atoms with van der Waals surface area (Å²) in [6.45, 7) is 4.51. The standard InChI is InChI=1S/C23H33N5O/c29-23(27-15-8-14-26(17-18-27)21-12-5-2-6-13-21)22-19-28(25-24-22)16-7-11-20-9-3-1-4-10-20/h1,3-4,9-10,19,21H,2,5-8,11-18H2. The number of hydrogen-bond acceptors (Lipinski definition) is 4. The summed E-state index contributed by atoms with van der Waals surface area (Å²) in [6, 6.07) is 11.2. The van der Waals surface area contributed by atoms with Crippen LogP contribution in [0.4, 0.5) is 0 Å². The van der Waals surface area contributed by atoms with Gasteiger partial charge >= 0.3 is 0 Å². The summed E-state index contributed by atoms with van der Waals surface area (Å²) < 4.78 is 1.81. The number of carbonyl (C=O) groups is 1. The van der Waals surface area contributed by atoms with Gasteiger partial charge in [-0.15, -0.1) is 5.10 Å². The molecule has 0 unspecified atom stereocenters. The van der Waals surface area contributed by atoms with E-state index < -0.39 is 0 Å². The van der Waals surface area contributed by atoms with Crippen molar-refractivity contribution in [2.45, 2.75) is 64.0 Å². The van der Waals surface area contributed by atoms with E-state index in [0.29, 0.717) is 5.69 Å². The van der Waals surface area contributed by atoms with E-state index in [2.05, 4.69) is 39.5 Å². The van der Waals surface area contributed by atoms with Crippen LogP contribution in [0.25, 0.3) is 0 Å². The zero-order chi connectivity index (χ0) is 19.9. The van der Waals surface area contributed by atoms with Gasteiger partial charge in [-0.1, -0.05) is 54.8 Å². The van der Waals surface area contributed by atoms with Crippen molar-refractivity contribution >= 4 is 5.91 Å². The summed E-state index contributed by atoms with van der Waals surface area (Å²) in [4.78, 5) is 17.5. The molecule has 1 aromatic heterocycles. The Kier molecular flexibility index (Phi) is 6.93. The largest absolute Gasteiger partial charge is 0.336 e. The summed E-state index contributed by atoms with van der Waals surface area (Å²) in [5.74, 6) is 0.0322. The summed E-state index contributed by atoms with van der Waals surface area (Å²) in [5, 5.41) is 8.35. The van der Waals surface area contributed by atoms with Gasteiger partial charge in [0.2, 0.25) is 0 Å². The van der Waals surface area contributed by atoms with Crippen molar-refractivity contribution < 1.29 is 4.79 Å². The Bertz CT molecular complexity index is 769. The molecule has 6 nitrogen and oxygen atoms in total. The summed E-state index contributed by atoms with van der Waals surface area (Å²) >= 11 is 0. The van der Waals surface area contributed by atoms with Crippen LogP contribution in [0.5, 0.6) is 0 Å². The molecule has 1 aromatic carbocycles. The smallest absolute Gasteiger partial charge is 0.276 e. The second-order valence-electron chi connectivity index (χ2n) is 8.43. The van der Waals surface area contributed by atoms with E-state index in [9.17, 15) is 4.79 Å². The minimum Gasteiger partial charge on any atom is -0.336 e. The van der Waals surface area contributed by atoms with Crippen LogP contribution in [0, 0.1) is 0 Å². The molecule has 29 heavy (non-hydrogen) atoms. The highest BCUT2D eigenvalue weighted by molar-refractivity contribution is 5.91. The van der Waals surface area contributed by atoms with Crippen molar-refractivity contribution in [1.82, 2.24) is 24.8 Å². The molecule has 1 amide bonds. The van der Waals surface area contributed by atoms with E-state index in [0.717, 1.165) is 58.0 Å². The van der Waals surface area contributed by atoms with Gasteiger partial charge in [0, 0.05) is 38.8 Å². The highest BCUT2D eigenvalue weighted by Gasteiger charge is 2.26. The number of carbonyl (C=O) groups excluding carboxylic acids is 1. The highest BCUT2D eigenvalue weighted by atomic mass is 16.2. The molecule has 1 aliphatic heterocycles. The Balaban J connectivity index is 1.27. The lowest BCUT2D eigenvalue weighted by molar-refractivity contribution is 0.0749. The Hall–Kier alpha value is -2.21. The zero-order valence-electron chi connectivity index (χ0n) is 17.4. The Morgan fingerprint density at radius 1 is 0.966 bits per heavy atom. The van der Waals surface area contributed by atoms with Crippen molar-refractivity contribution in [1.29, 1.82) is 0 Å². The number of nitrogens with zero attached hydrogens (tertiary/aromatic N) is 5. The fourth-order valence-corrected chi connectivity index (χ4v) is 4.71. The van der Waals surface area contributed by atoms with Crippen LogP contribution in [0.2, 0.25) is 0 Å². The molecule has 2 heterocycles. The van der Waals surface area contributed by atoms with E-state index in [1.54, 1.807) is 0 Å². The molecule has 0 atom stereocenters. The van der Waals surface area contributed by atoms with Gasteiger partial charge in [-0.2, -0.15) is 0 Å². The third kappa shape index (κ3) is 5.44. The van der Waals surface area contributed by atoms with Crippen LogP contribution < -0.4 is 0 Å².